The van der Waals surface area contributed by atoms with Crippen molar-refractivity contribution in [3.63, 3.8) is 0 Å². The number of nitriles is 1. The summed E-state index contributed by atoms with van der Waals surface area (Å²) in [5.74, 6) is -0.559. The van der Waals surface area contributed by atoms with Crippen LogP contribution in [0.1, 0.15) is 31.7 Å². The van der Waals surface area contributed by atoms with Crippen molar-refractivity contribution in [3.8, 4) is 6.07 Å². The molecular formula is C15H18FN3O. The first kappa shape index (κ1) is 14.5. The summed E-state index contributed by atoms with van der Waals surface area (Å²) >= 11 is 0. The topological polar surface area (TPSA) is 64.9 Å². The van der Waals surface area contributed by atoms with E-state index in [1.165, 1.54) is 12.1 Å². The summed E-state index contributed by atoms with van der Waals surface area (Å²) in [7, 11) is 0. The van der Waals surface area contributed by atoms with Crippen molar-refractivity contribution >= 4 is 11.6 Å². The van der Waals surface area contributed by atoms with Crippen molar-refractivity contribution in [2.75, 3.05) is 18.4 Å². The first-order chi connectivity index (χ1) is 9.61. The highest BCUT2D eigenvalue weighted by Crippen LogP contribution is 2.34. The second-order valence-corrected chi connectivity index (χ2v) is 5.14. The molecule has 1 amide bonds. The molecule has 1 saturated heterocycles. The molecule has 1 aliphatic rings. The van der Waals surface area contributed by atoms with Gasteiger partial charge in [0.15, 0.2) is 0 Å². The van der Waals surface area contributed by atoms with E-state index in [-0.39, 0.29) is 11.5 Å². The molecule has 2 N–H and O–H groups in total. The minimum absolute atomic E-state index is 0.0791. The second kappa shape index (κ2) is 6.02. The Morgan fingerprint density at radius 2 is 2.20 bits per heavy atom. The first-order valence-corrected chi connectivity index (χ1v) is 6.83. The van der Waals surface area contributed by atoms with E-state index in [0.717, 1.165) is 38.4 Å². The van der Waals surface area contributed by atoms with Crippen molar-refractivity contribution in [2.24, 2.45) is 5.41 Å². The quantitative estimate of drug-likeness (QED) is 0.890. The van der Waals surface area contributed by atoms with Crippen molar-refractivity contribution in [3.05, 3.63) is 29.6 Å². The van der Waals surface area contributed by atoms with E-state index in [2.05, 4.69) is 10.6 Å². The van der Waals surface area contributed by atoms with Crippen LogP contribution in [0, 0.1) is 22.6 Å². The molecular weight excluding hydrogens is 257 g/mol. The molecule has 1 heterocycles. The second-order valence-electron chi connectivity index (χ2n) is 5.14. The fourth-order valence-electron chi connectivity index (χ4n) is 2.62. The molecule has 106 valence electrons. The number of anilines is 1. The molecule has 1 aromatic carbocycles. The molecule has 20 heavy (non-hydrogen) atoms. The molecule has 2 rings (SSSR count). The molecule has 5 heteroatoms. The number of nitrogens with one attached hydrogen (secondary N) is 2. The molecule has 0 aliphatic carbocycles. The summed E-state index contributed by atoms with van der Waals surface area (Å²) in [5, 5.41) is 15.0. The fraction of sp³-hybridized carbons (Fsp3) is 0.467. The van der Waals surface area contributed by atoms with E-state index in [4.69, 9.17) is 5.26 Å². The first-order valence-electron chi connectivity index (χ1n) is 6.83. The highest BCUT2D eigenvalue weighted by Gasteiger charge is 2.37. The Morgan fingerprint density at radius 1 is 1.50 bits per heavy atom. The van der Waals surface area contributed by atoms with Gasteiger partial charge in [0, 0.05) is 0 Å². The standard InChI is InChI=1S/C15H18FN3O/c1-2-15(5-7-18-8-6-15)14(20)19-13-4-3-12(16)9-11(13)10-17/h3-4,9,18H,2,5-8H2,1H3,(H,19,20). The smallest absolute Gasteiger partial charge is 0.230 e. The number of carbonyl (C=O) groups is 1. The number of halogens is 1. The molecule has 0 saturated carbocycles. The lowest BCUT2D eigenvalue weighted by molar-refractivity contribution is -0.127. The van der Waals surface area contributed by atoms with Crippen LogP contribution in [0.2, 0.25) is 0 Å². The van der Waals surface area contributed by atoms with Crippen LogP contribution in [0.5, 0.6) is 0 Å². The van der Waals surface area contributed by atoms with Crippen molar-refractivity contribution in [1.29, 1.82) is 5.26 Å². The molecule has 0 bridgehead atoms. The van der Waals surface area contributed by atoms with Gasteiger partial charge in [0.25, 0.3) is 0 Å². The minimum Gasteiger partial charge on any atom is -0.324 e. The highest BCUT2D eigenvalue weighted by molar-refractivity contribution is 5.96. The van der Waals surface area contributed by atoms with E-state index in [1.807, 2.05) is 13.0 Å². The number of carbonyl (C=O) groups excluding carboxylic acids is 1. The highest BCUT2D eigenvalue weighted by atomic mass is 19.1. The molecule has 0 aromatic heterocycles. The summed E-state index contributed by atoms with van der Waals surface area (Å²) in [6, 6.07) is 5.73. The van der Waals surface area contributed by atoms with Gasteiger partial charge in [-0.1, -0.05) is 6.92 Å². The van der Waals surface area contributed by atoms with Crippen molar-refractivity contribution < 1.29 is 9.18 Å². The lowest BCUT2D eigenvalue weighted by Crippen LogP contribution is -2.44. The Morgan fingerprint density at radius 3 is 2.80 bits per heavy atom. The van der Waals surface area contributed by atoms with Crippen LogP contribution in [0.15, 0.2) is 18.2 Å². The van der Waals surface area contributed by atoms with Crippen LogP contribution in [-0.4, -0.2) is 19.0 Å². The summed E-state index contributed by atoms with van der Waals surface area (Å²) in [4.78, 5) is 12.5. The van der Waals surface area contributed by atoms with Gasteiger partial charge in [0.05, 0.1) is 16.7 Å². The Balaban J connectivity index is 2.21. The number of hydrogen-bond acceptors (Lipinski definition) is 3. The largest absolute Gasteiger partial charge is 0.324 e. The van der Waals surface area contributed by atoms with Crippen LogP contribution in [-0.2, 0) is 4.79 Å². The molecule has 1 aliphatic heterocycles. The third-order valence-electron chi connectivity index (χ3n) is 4.07. The van der Waals surface area contributed by atoms with Crippen molar-refractivity contribution in [2.45, 2.75) is 26.2 Å². The van der Waals surface area contributed by atoms with Gasteiger partial charge in [0.2, 0.25) is 5.91 Å². The van der Waals surface area contributed by atoms with Crippen LogP contribution < -0.4 is 10.6 Å². The lowest BCUT2D eigenvalue weighted by atomic mass is 9.76. The van der Waals surface area contributed by atoms with Gasteiger partial charge in [0.1, 0.15) is 11.9 Å². The molecule has 0 spiro atoms. The molecule has 0 atom stereocenters. The predicted molar refractivity (Wildman–Crippen MR) is 74.6 cm³/mol. The summed E-state index contributed by atoms with van der Waals surface area (Å²) in [6.07, 6.45) is 2.31. The maximum Gasteiger partial charge on any atom is 0.230 e. The lowest BCUT2D eigenvalue weighted by Gasteiger charge is -2.35. The number of rotatable bonds is 3. The van der Waals surface area contributed by atoms with Crippen LogP contribution in [0.25, 0.3) is 0 Å². The number of amides is 1. The van der Waals surface area contributed by atoms with Crippen LogP contribution in [0.3, 0.4) is 0 Å². The molecule has 0 unspecified atom stereocenters. The van der Waals surface area contributed by atoms with Gasteiger partial charge >= 0.3 is 0 Å². The zero-order valence-electron chi connectivity index (χ0n) is 11.5. The number of piperidine rings is 1. The van der Waals surface area contributed by atoms with Gasteiger partial charge in [-0.25, -0.2) is 4.39 Å². The molecule has 4 nitrogen and oxygen atoms in total. The summed E-state index contributed by atoms with van der Waals surface area (Å²) in [6.45, 7) is 3.63. The van der Waals surface area contributed by atoms with E-state index in [9.17, 15) is 9.18 Å². The van der Waals surface area contributed by atoms with Gasteiger partial charge in [-0.2, -0.15) is 5.26 Å². The van der Waals surface area contributed by atoms with E-state index in [0.29, 0.717) is 5.69 Å². The Bertz CT molecular complexity index is 545. The van der Waals surface area contributed by atoms with Crippen LogP contribution in [0.4, 0.5) is 10.1 Å². The van der Waals surface area contributed by atoms with E-state index >= 15 is 0 Å². The van der Waals surface area contributed by atoms with E-state index < -0.39 is 11.2 Å². The van der Waals surface area contributed by atoms with Crippen LogP contribution >= 0.6 is 0 Å². The van der Waals surface area contributed by atoms with Crippen molar-refractivity contribution in [1.82, 2.24) is 5.32 Å². The van der Waals surface area contributed by atoms with Gasteiger partial charge < -0.3 is 10.6 Å². The zero-order valence-corrected chi connectivity index (χ0v) is 11.5. The van der Waals surface area contributed by atoms with E-state index in [1.54, 1.807) is 0 Å². The summed E-state index contributed by atoms with van der Waals surface area (Å²) in [5.41, 5.74) is 0.135. The Labute approximate surface area is 118 Å². The minimum atomic E-state index is -0.480. The fourth-order valence-corrected chi connectivity index (χ4v) is 2.62. The maximum absolute atomic E-state index is 13.1. The molecule has 1 aromatic rings. The average Bonchev–Trinajstić information content (AvgIpc) is 2.49. The third-order valence-corrected chi connectivity index (χ3v) is 4.07. The maximum atomic E-state index is 13.1. The number of benzene rings is 1. The zero-order chi connectivity index (χ0) is 14.6. The average molecular weight is 275 g/mol. The summed E-state index contributed by atoms with van der Waals surface area (Å²) < 4.78 is 13.1. The Hall–Kier alpha value is -1.93. The SMILES string of the molecule is CCC1(C(=O)Nc2ccc(F)cc2C#N)CCNCC1. The molecule has 1 fully saturated rings. The monoisotopic (exact) mass is 275 g/mol. The number of hydrogen-bond donors (Lipinski definition) is 2. The van der Waals surface area contributed by atoms with Gasteiger partial charge in [-0.05, 0) is 50.6 Å². The predicted octanol–water partition coefficient (Wildman–Crippen LogP) is 2.42. The van der Waals surface area contributed by atoms with Gasteiger partial charge in [-0.15, -0.1) is 0 Å². The Kier molecular flexibility index (Phi) is 4.35. The van der Waals surface area contributed by atoms with Gasteiger partial charge in [-0.3, -0.25) is 4.79 Å². The molecule has 0 radical (unpaired) electrons. The number of nitrogens with zero attached hydrogens (tertiary/aromatic N) is 1. The third kappa shape index (κ3) is 2.81. The normalized spacial score (nSPS) is 17.2.